The van der Waals surface area contributed by atoms with Crippen molar-refractivity contribution < 1.29 is 4.79 Å². The predicted octanol–water partition coefficient (Wildman–Crippen LogP) is -0.945. The molecule has 0 aliphatic carbocycles. The highest BCUT2D eigenvalue weighted by atomic mass is 16.2. The van der Waals surface area contributed by atoms with E-state index in [2.05, 4.69) is 17.2 Å². The maximum atomic E-state index is 12.2. The molecule has 1 aromatic heterocycles. The number of hydrogen-bond acceptors (Lipinski definition) is 4. The lowest BCUT2D eigenvalue weighted by Crippen LogP contribution is -2.53. The molecule has 20 heavy (non-hydrogen) atoms. The average Bonchev–Trinajstić information content (AvgIpc) is 2.44. The van der Waals surface area contributed by atoms with Gasteiger partial charge in [-0.1, -0.05) is 6.92 Å². The number of hydrogen-bond donors (Lipinski definition) is 2. The van der Waals surface area contributed by atoms with Gasteiger partial charge in [-0.2, -0.15) is 0 Å². The summed E-state index contributed by atoms with van der Waals surface area (Å²) in [5.74, 6) is -0.0986. The lowest BCUT2D eigenvalue weighted by molar-refractivity contribution is -0.133. The second kappa shape index (κ2) is 6.04. The van der Waals surface area contributed by atoms with Gasteiger partial charge in [0.25, 0.3) is 5.56 Å². The Hall–Kier alpha value is -1.89. The highest BCUT2D eigenvalue weighted by Gasteiger charge is 2.22. The summed E-state index contributed by atoms with van der Waals surface area (Å²) in [4.78, 5) is 39.1. The van der Waals surface area contributed by atoms with Gasteiger partial charge in [0.15, 0.2) is 0 Å². The molecule has 7 nitrogen and oxygen atoms in total. The van der Waals surface area contributed by atoms with Crippen LogP contribution in [0.2, 0.25) is 0 Å². The van der Waals surface area contributed by atoms with Crippen molar-refractivity contribution in [2.24, 2.45) is 0 Å². The molecule has 1 aromatic rings. The van der Waals surface area contributed by atoms with Crippen molar-refractivity contribution >= 4 is 5.91 Å². The third kappa shape index (κ3) is 3.16. The van der Waals surface area contributed by atoms with E-state index in [1.807, 2.05) is 0 Å². The summed E-state index contributed by atoms with van der Waals surface area (Å²) in [5.41, 5.74) is -0.535. The van der Waals surface area contributed by atoms with Crippen LogP contribution in [-0.4, -0.2) is 46.0 Å². The van der Waals surface area contributed by atoms with Gasteiger partial charge in [-0.15, -0.1) is 0 Å². The van der Waals surface area contributed by atoms with Crippen LogP contribution in [0.3, 0.4) is 0 Å². The van der Waals surface area contributed by atoms with Gasteiger partial charge in [0.1, 0.15) is 6.54 Å². The molecular weight excluding hydrogens is 260 g/mol. The van der Waals surface area contributed by atoms with E-state index in [0.29, 0.717) is 24.7 Å². The molecule has 0 bridgehead atoms. The van der Waals surface area contributed by atoms with Gasteiger partial charge in [0, 0.05) is 37.4 Å². The first-order valence-corrected chi connectivity index (χ1v) is 6.82. The van der Waals surface area contributed by atoms with Crippen LogP contribution < -0.4 is 16.6 Å². The minimum Gasteiger partial charge on any atom is -0.338 e. The maximum absolute atomic E-state index is 12.2. The number of amides is 1. The Morgan fingerprint density at radius 1 is 1.45 bits per heavy atom. The van der Waals surface area contributed by atoms with Crippen molar-refractivity contribution in [2.75, 3.05) is 19.6 Å². The van der Waals surface area contributed by atoms with Crippen molar-refractivity contribution in [3.8, 4) is 0 Å². The topological polar surface area (TPSA) is 87.2 Å². The molecule has 0 saturated carbocycles. The number of piperazine rings is 1. The summed E-state index contributed by atoms with van der Waals surface area (Å²) in [6.07, 6.45) is 2.39. The van der Waals surface area contributed by atoms with Crippen LogP contribution in [0.5, 0.6) is 0 Å². The number of nitrogens with zero attached hydrogens (tertiary/aromatic N) is 2. The fraction of sp³-hybridized carbons (Fsp3) is 0.615. The average molecular weight is 280 g/mol. The number of carbonyl (C=O) groups excluding carboxylic acids is 1. The zero-order valence-electron chi connectivity index (χ0n) is 11.8. The van der Waals surface area contributed by atoms with Gasteiger partial charge < -0.3 is 10.2 Å². The van der Waals surface area contributed by atoms with Crippen LogP contribution in [0, 0.1) is 6.92 Å². The molecule has 2 N–H and O–H groups in total. The Balaban J connectivity index is 2.10. The fourth-order valence-corrected chi connectivity index (χ4v) is 2.31. The van der Waals surface area contributed by atoms with E-state index in [9.17, 15) is 14.4 Å². The molecule has 2 heterocycles. The van der Waals surface area contributed by atoms with Crippen LogP contribution in [0.4, 0.5) is 0 Å². The first-order valence-electron chi connectivity index (χ1n) is 6.82. The zero-order valence-corrected chi connectivity index (χ0v) is 11.8. The van der Waals surface area contributed by atoms with Crippen molar-refractivity contribution in [1.29, 1.82) is 0 Å². The number of nitrogens with one attached hydrogen (secondary N) is 2. The fourth-order valence-electron chi connectivity index (χ4n) is 2.31. The van der Waals surface area contributed by atoms with Gasteiger partial charge in [-0.25, -0.2) is 4.79 Å². The van der Waals surface area contributed by atoms with Gasteiger partial charge in [-0.05, 0) is 13.3 Å². The van der Waals surface area contributed by atoms with Crippen molar-refractivity contribution in [3.63, 3.8) is 0 Å². The molecule has 1 aliphatic rings. The lowest BCUT2D eigenvalue weighted by Gasteiger charge is -2.33. The van der Waals surface area contributed by atoms with Crippen LogP contribution in [0.1, 0.15) is 18.9 Å². The van der Waals surface area contributed by atoms with Crippen LogP contribution >= 0.6 is 0 Å². The van der Waals surface area contributed by atoms with E-state index >= 15 is 0 Å². The molecule has 110 valence electrons. The third-order valence-corrected chi connectivity index (χ3v) is 3.60. The molecule has 1 amide bonds. The van der Waals surface area contributed by atoms with Gasteiger partial charge in [-0.3, -0.25) is 19.1 Å². The largest absolute Gasteiger partial charge is 0.338 e. The zero-order chi connectivity index (χ0) is 14.7. The molecule has 1 unspecified atom stereocenters. The monoisotopic (exact) mass is 280 g/mol. The number of H-pyrrole nitrogens is 1. The van der Waals surface area contributed by atoms with E-state index < -0.39 is 11.2 Å². The molecule has 0 spiro atoms. The lowest BCUT2D eigenvalue weighted by atomic mass is 10.1. The standard InChI is InChI=1S/C13H20N4O3/c1-3-10-7-16(5-4-14-10)11(18)8-17-6-9(2)12(19)15-13(17)20/h6,10,14H,3-5,7-8H2,1-2H3,(H,15,19,20). The summed E-state index contributed by atoms with van der Waals surface area (Å²) in [5, 5.41) is 3.34. The summed E-state index contributed by atoms with van der Waals surface area (Å²) in [6, 6.07) is 0.307. The number of aromatic nitrogens is 2. The highest BCUT2D eigenvalue weighted by Crippen LogP contribution is 2.03. The number of rotatable bonds is 3. The molecule has 0 aromatic carbocycles. The number of carbonyl (C=O) groups is 1. The molecule has 1 atom stereocenters. The van der Waals surface area contributed by atoms with E-state index in [-0.39, 0.29) is 12.5 Å². The van der Waals surface area contributed by atoms with E-state index in [0.717, 1.165) is 13.0 Å². The minimum absolute atomic E-state index is 0.0348. The number of aryl methyl sites for hydroxylation is 1. The predicted molar refractivity (Wildman–Crippen MR) is 74.7 cm³/mol. The first kappa shape index (κ1) is 14.5. The number of aromatic amines is 1. The molecule has 1 fully saturated rings. The smallest absolute Gasteiger partial charge is 0.328 e. The quantitative estimate of drug-likeness (QED) is 0.748. The van der Waals surface area contributed by atoms with Crippen molar-refractivity contribution in [2.45, 2.75) is 32.9 Å². The van der Waals surface area contributed by atoms with E-state index in [4.69, 9.17) is 0 Å². The summed E-state index contributed by atoms with van der Waals surface area (Å²) >= 11 is 0. The van der Waals surface area contributed by atoms with Crippen LogP contribution in [-0.2, 0) is 11.3 Å². The molecule has 2 rings (SSSR count). The Kier molecular flexibility index (Phi) is 4.39. The second-order valence-electron chi connectivity index (χ2n) is 5.10. The van der Waals surface area contributed by atoms with Gasteiger partial charge in [0.05, 0.1) is 0 Å². The molecule has 0 radical (unpaired) electrons. The molecule has 7 heteroatoms. The summed E-state index contributed by atoms with van der Waals surface area (Å²) in [7, 11) is 0. The maximum Gasteiger partial charge on any atom is 0.328 e. The minimum atomic E-state index is -0.545. The normalized spacial score (nSPS) is 19.1. The Morgan fingerprint density at radius 3 is 2.90 bits per heavy atom. The van der Waals surface area contributed by atoms with Gasteiger partial charge >= 0.3 is 5.69 Å². The van der Waals surface area contributed by atoms with E-state index in [1.54, 1.807) is 11.8 Å². The van der Waals surface area contributed by atoms with Gasteiger partial charge in [0.2, 0.25) is 5.91 Å². The molecule has 1 aliphatic heterocycles. The van der Waals surface area contributed by atoms with Crippen molar-refractivity contribution in [1.82, 2.24) is 19.8 Å². The summed E-state index contributed by atoms with van der Waals surface area (Å²) < 4.78 is 1.25. The Labute approximate surface area is 116 Å². The van der Waals surface area contributed by atoms with Crippen molar-refractivity contribution in [3.05, 3.63) is 32.6 Å². The second-order valence-corrected chi connectivity index (χ2v) is 5.10. The summed E-state index contributed by atoms with van der Waals surface area (Å²) in [6.45, 7) is 5.72. The SMILES string of the molecule is CCC1CN(C(=O)Cn2cc(C)c(=O)[nH]c2=O)CCN1. The first-order chi connectivity index (χ1) is 9.51. The Morgan fingerprint density at radius 2 is 2.20 bits per heavy atom. The van der Waals surface area contributed by atoms with Crippen LogP contribution in [0.15, 0.2) is 15.8 Å². The highest BCUT2D eigenvalue weighted by molar-refractivity contribution is 5.76. The van der Waals surface area contributed by atoms with Crippen LogP contribution in [0.25, 0.3) is 0 Å². The third-order valence-electron chi connectivity index (χ3n) is 3.60. The Bertz CT molecular complexity index is 604. The molecular formula is C13H20N4O3. The molecule has 1 saturated heterocycles. The van der Waals surface area contributed by atoms with E-state index in [1.165, 1.54) is 10.8 Å².